The van der Waals surface area contributed by atoms with Crippen molar-refractivity contribution in [2.45, 2.75) is 44.8 Å². The van der Waals surface area contributed by atoms with Crippen LogP contribution in [0, 0.1) is 5.92 Å². The van der Waals surface area contributed by atoms with E-state index in [9.17, 15) is 19.2 Å². The number of hydrogen-bond acceptors (Lipinski definition) is 7. The SMILES string of the molecule is CSCCC(NC(=O)CNC(=O)C(N)CC(C)C)C(=O)NC(CO)C(=O)O. The van der Waals surface area contributed by atoms with E-state index < -0.39 is 48.4 Å². The van der Waals surface area contributed by atoms with E-state index in [2.05, 4.69) is 16.0 Å². The van der Waals surface area contributed by atoms with Gasteiger partial charge in [0.05, 0.1) is 19.2 Å². The van der Waals surface area contributed by atoms with E-state index in [0.29, 0.717) is 12.2 Å². The molecule has 3 amide bonds. The highest BCUT2D eigenvalue weighted by Gasteiger charge is 2.26. The van der Waals surface area contributed by atoms with Crippen LogP contribution >= 0.6 is 11.8 Å². The van der Waals surface area contributed by atoms with E-state index in [4.69, 9.17) is 15.9 Å². The van der Waals surface area contributed by atoms with Crippen LogP contribution in [0.25, 0.3) is 0 Å². The second-order valence-corrected chi connectivity index (χ2v) is 7.42. The highest BCUT2D eigenvalue weighted by Crippen LogP contribution is 2.03. The predicted octanol–water partition coefficient (Wildman–Crippen LogP) is -1.72. The Morgan fingerprint density at radius 1 is 1.07 bits per heavy atom. The molecule has 0 spiro atoms. The largest absolute Gasteiger partial charge is 0.480 e. The number of carboxylic acid groups (broad SMARTS) is 1. The van der Waals surface area contributed by atoms with Gasteiger partial charge in [0.2, 0.25) is 17.7 Å². The third kappa shape index (κ3) is 10.8. The van der Waals surface area contributed by atoms with Crippen LogP contribution < -0.4 is 21.7 Å². The molecule has 0 aliphatic heterocycles. The average Bonchev–Trinajstić information content (AvgIpc) is 2.59. The van der Waals surface area contributed by atoms with Crippen molar-refractivity contribution in [3.05, 3.63) is 0 Å². The molecule has 0 aliphatic carbocycles. The van der Waals surface area contributed by atoms with Gasteiger partial charge < -0.3 is 31.9 Å². The fourth-order valence-corrected chi connectivity index (χ4v) is 2.59. The van der Waals surface area contributed by atoms with Crippen LogP contribution in [0.3, 0.4) is 0 Å². The molecule has 0 saturated heterocycles. The number of rotatable bonds is 13. The first kappa shape index (κ1) is 25.1. The van der Waals surface area contributed by atoms with E-state index in [1.54, 1.807) is 0 Å². The van der Waals surface area contributed by atoms with E-state index >= 15 is 0 Å². The molecular formula is C16H30N4O6S. The Labute approximate surface area is 163 Å². The molecule has 3 atom stereocenters. The number of hydrogen-bond donors (Lipinski definition) is 6. The number of carbonyl (C=O) groups excluding carboxylic acids is 3. The molecular weight excluding hydrogens is 376 g/mol. The smallest absolute Gasteiger partial charge is 0.328 e. The lowest BCUT2D eigenvalue weighted by atomic mass is 10.0. The van der Waals surface area contributed by atoms with Crippen LogP contribution in [-0.2, 0) is 19.2 Å². The zero-order valence-corrected chi connectivity index (χ0v) is 16.7. The Kier molecular flexibility index (Phi) is 12.4. The van der Waals surface area contributed by atoms with Gasteiger partial charge in [-0.1, -0.05) is 13.8 Å². The van der Waals surface area contributed by atoms with Gasteiger partial charge in [-0.3, -0.25) is 14.4 Å². The van der Waals surface area contributed by atoms with Crippen molar-refractivity contribution in [1.82, 2.24) is 16.0 Å². The number of aliphatic hydroxyl groups is 1. The normalized spacial score (nSPS) is 14.1. The zero-order chi connectivity index (χ0) is 21.0. The zero-order valence-electron chi connectivity index (χ0n) is 15.9. The summed E-state index contributed by atoms with van der Waals surface area (Å²) in [5, 5.41) is 24.9. The van der Waals surface area contributed by atoms with Gasteiger partial charge >= 0.3 is 5.97 Å². The van der Waals surface area contributed by atoms with Crippen LogP contribution in [0.15, 0.2) is 0 Å². The van der Waals surface area contributed by atoms with Gasteiger partial charge in [-0.25, -0.2) is 4.79 Å². The number of amides is 3. The van der Waals surface area contributed by atoms with Crippen LogP contribution in [0.4, 0.5) is 0 Å². The number of nitrogens with two attached hydrogens (primary N) is 1. The minimum atomic E-state index is -1.46. The molecule has 11 heteroatoms. The van der Waals surface area contributed by atoms with E-state index in [-0.39, 0.29) is 18.9 Å². The van der Waals surface area contributed by atoms with Crippen molar-refractivity contribution >= 4 is 35.5 Å². The molecule has 0 rings (SSSR count). The van der Waals surface area contributed by atoms with Crippen molar-refractivity contribution in [3.63, 3.8) is 0 Å². The van der Waals surface area contributed by atoms with Gasteiger partial charge in [-0.05, 0) is 30.8 Å². The number of carbonyl (C=O) groups is 4. The quantitative estimate of drug-likeness (QED) is 0.210. The first-order chi connectivity index (χ1) is 12.6. The van der Waals surface area contributed by atoms with Gasteiger partial charge in [0.25, 0.3) is 0 Å². The number of nitrogens with one attached hydrogen (secondary N) is 3. The summed E-state index contributed by atoms with van der Waals surface area (Å²) < 4.78 is 0. The lowest BCUT2D eigenvalue weighted by molar-refractivity contribution is -0.143. The van der Waals surface area contributed by atoms with Crippen molar-refractivity contribution < 1.29 is 29.4 Å². The van der Waals surface area contributed by atoms with Gasteiger partial charge in [-0.2, -0.15) is 11.8 Å². The maximum absolute atomic E-state index is 12.2. The maximum Gasteiger partial charge on any atom is 0.328 e. The van der Waals surface area contributed by atoms with Crippen molar-refractivity contribution in [2.75, 3.05) is 25.2 Å². The first-order valence-corrected chi connectivity index (χ1v) is 9.97. The summed E-state index contributed by atoms with van der Waals surface area (Å²) in [5.74, 6) is -2.39. The average molecular weight is 407 g/mol. The van der Waals surface area contributed by atoms with Crippen LogP contribution in [0.5, 0.6) is 0 Å². The lowest BCUT2D eigenvalue weighted by Crippen LogP contribution is -2.54. The van der Waals surface area contributed by atoms with Gasteiger partial charge in [0.1, 0.15) is 12.1 Å². The molecule has 0 aliphatic rings. The second-order valence-electron chi connectivity index (χ2n) is 6.44. The maximum atomic E-state index is 12.2. The second kappa shape index (κ2) is 13.3. The number of aliphatic carboxylic acids is 1. The third-order valence-electron chi connectivity index (χ3n) is 3.54. The Morgan fingerprint density at radius 2 is 1.70 bits per heavy atom. The Hall–Kier alpha value is -1.85. The molecule has 0 fully saturated rings. The van der Waals surface area contributed by atoms with E-state index in [1.165, 1.54) is 11.8 Å². The Bertz CT molecular complexity index is 517. The Balaban J connectivity index is 4.69. The summed E-state index contributed by atoms with van der Waals surface area (Å²) in [6.45, 7) is 2.72. The molecule has 10 nitrogen and oxygen atoms in total. The molecule has 0 radical (unpaired) electrons. The molecule has 0 aromatic carbocycles. The fraction of sp³-hybridized carbons (Fsp3) is 0.750. The van der Waals surface area contributed by atoms with Crippen molar-refractivity contribution in [1.29, 1.82) is 0 Å². The van der Waals surface area contributed by atoms with Crippen molar-refractivity contribution in [3.8, 4) is 0 Å². The third-order valence-corrected chi connectivity index (χ3v) is 4.19. The fourth-order valence-electron chi connectivity index (χ4n) is 2.12. The lowest BCUT2D eigenvalue weighted by Gasteiger charge is -2.21. The van der Waals surface area contributed by atoms with Crippen LogP contribution in [-0.4, -0.2) is 77.2 Å². The molecule has 0 aromatic rings. The minimum Gasteiger partial charge on any atom is -0.480 e. The topological polar surface area (TPSA) is 171 Å². The summed E-state index contributed by atoms with van der Waals surface area (Å²) in [6.07, 6.45) is 2.56. The summed E-state index contributed by atoms with van der Waals surface area (Å²) in [6, 6.07) is -3.17. The van der Waals surface area contributed by atoms with Gasteiger partial charge in [-0.15, -0.1) is 0 Å². The molecule has 27 heavy (non-hydrogen) atoms. The summed E-state index contributed by atoms with van der Waals surface area (Å²) in [7, 11) is 0. The molecule has 0 saturated carbocycles. The monoisotopic (exact) mass is 406 g/mol. The summed E-state index contributed by atoms with van der Waals surface area (Å²) >= 11 is 1.45. The predicted molar refractivity (Wildman–Crippen MR) is 102 cm³/mol. The van der Waals surface area contributed by atoms with E-state index in [1.807, 2.05) is 20.1 Å². The van der Waals surface area contributed by atoms with Gasteiger partial charge in [0.15, 0.2) is 0 Å². The number of carboxylic acids is 1. The number of aliphatic hydroxyl groups excluding tert-OH is 1. The molecule has 156 valence electrons. The summed E-state index contributed by atoms with van der Waals surface area (Å²) in [5.41, 5.74) is 5.73. The standard InChI is InChI=1S/C16H30N4O6S/c1-9(2)6-10(17)14(23)18-7-13(22)19-11(4-5-27-3)15(24)20-12(8-21)16(25)26/h9-12,21H,4-8,17H2,1-3H3,(H,18,23)(H,19,22)(H,20,24)(H,25,26). The Morgan fingerprint density at radius 3 is 2.19 bits per heavy atom. The molecule has 0 bridgehead atoms. The highest BCUT2D eigenvalue weighted by atomic mass is 32.2. The van der Waals surface area contributed by atoms with Crippen LogP contribution in [0.1, 0.15) is 26.7 Å². The molecule has 3 unspecified atom stereocenters. The highest BCUT2D eigenvalue weighted by molar-refractivity contribution is 7.98. The summed E-state index contributed by atoms with van der Waals surface area (Å²) in [4.78, 5) is 47.0. The van der Waals surface area contributed by atoms with E-state index in [0.717, 1.165) is 0 Å². The van der Waals surface area contributed by atoms with Gasteiger partial charge in [0, 0.05) is 0 Å². The molecule has 7 N–H and O–H groups in total. The number of thioether (sulfide) groups is 1. The van der Waals surface area contributed by atoms with Crippen molar-refractivity contribution in [2.24, 2.45) is 11.7 Å². The molecule has 0 aromatic heterocycles. The minimum absolute atomic E-state index is 0.230. The van der Waals surface area contributed by atoms with Crippen LogP contribution in [0.2, 0.25) is 0 Å². The molecule has 0 heterocycles. The first-order valence-electron chi connectivity index (χ1n) is 8.57.